The van der Waals surface area contributed by atoms with E-state index in [2.05, 4.69) is 5.32 Å². The van der Waals surface area contributed by atoms with Crippen molar-refractivity contribution in [1.29, 1.82) is 0 Å². The summed E-state index contributed by atoms with van der Waals surface area (Å²) in [7, 11) is 1.60. The summed E-state index contributed by atoms with van der Waals surface area (Å²) < 4.78 is 7.07. The van der Waals surface area contributed by atoms with E-state index in [1.807, 2.05) is 59.2 Å². The zero-order chi connectivity index (χ0) is 19.0. The predicted octanol–water partition coefficient (Wildman–Crippen LogP) is 3.66. The Labute approximate surface area is 156 Å². The Hall–Kier alpha value is -3.54. The fourth-order valence-electron chi connectivity index (χ4n) is 3.54. The number of carbonyl (C=O) groups excluding carboxylic acids is 1. The van der Waals surface area contributed by atoms with Crippen LogP contribution in [-0.4, -0.2) is 28.7 Å². The molecule has 2 heterocycles. The van der Waals surface area contributed by atoms with Gasteiger partial charge in [0.1, 0.15) is 11.3 Å². The highest BCUT2D eigenvalue weighted by Crippen LogP contribution is 2.41. The van der Waals surface area contributed by atoms with Crippen molar-refractivity contribution in [3.05, 3.63) is 77.6 Å². The third-order valence-electron chi connectivity index (χ3n) is 4.81. The van der Waals surface area contributed by atoms with Crippen molar-refractivity contribution in [3.63, 3.8) is 0 Å². The molecule has 0 saturated carbocycles. The van der Waals surface area contributed by atoms with Crippen molar-refractivity contribution < 1.29 is 19.4 Å². The van der Waals surface area contributed by atoms with E-state index in [9.17, 15) is 14.7 Å². The van der Waals surface area contributed by atoms with E-state index in [0.717, 1.165) is 22.7 Å². The zero-order valence-electron chi connectivity index (χ0n) is 14.7. The number of aromatic nitrogens is 1. The van der Waals surface area contributed by atoms with E-state index in [1.54, 1.807) is 13.3 Å². The summed E-state index contributed by atoms with van der Waals surface area (Å²) in [5, 5.41) is 12.4. The number of nitrogens with one attached hydrogen (secondary N) is 1. The lowest BCUT2D eigenvalue weighted by molar-refractivity contribution is -0.116. The number of carboxylic acid groups (broad SMARTS) is 1. The second kappa shape index (κ2) is 6.64. The monoisotopic (exact) mass is 362 g/mol. The van der Waals surface area contributed by atoms with Crippen LogP contribution in [0.25, 0.3) is 5.69 Å². The van der Waals surface area contributed by atoms with E-state index in [4.69, 9.17) is 4.74 Å². The Morgan fingerprint density at radius 3 is 2.48 bits per heavy atom. The molecule has 4 rings (SSSR count). The summed E-state index contributed by atoms with van der Waals surface area (Å²) in [6, 6.07) is 17.0. The number of nitrogens with zero attached hydrogens (tertiary/aromatic N) is 1. The Balaban J connectivity index is 1.93. The van der Waals surface area contributed by atoms with Crippen LogP contribution >= 0.6 is 0 Å². The van der Waals surface area contributed by atoms with Gasteiger partial charge >= 0.3 is 5.97 Å². The molecule has 0 bridgehead atoms. The van der Waals surface area contributed by atoms with Gasteiger partial charge in [0.05, 0.1) is 18.5 Å². The number of methoxy groups -OCH3 is 1. The molecule has 1 aliphatic heterocycles. The first-order valence-corrected chi connectivity index (χ1v) is 8.56. The SMILES string of the molecule is COc1ccc(C2CC(=O)Nc3c(C(=O)O)cn(-c4ccccc4)c32)cc1. The largest absolute Gasteiger partial charge is 0.497 e. The Morgan fingerprint density at radius 1 is 1.15 bits per heavy atom. The lowest BCUT2D eigenvalue weighted by Gasteiger charge is -2.26. The summed E-state index contributed by atoms with van der Waals surface area (Å²) >= 11 is 0. The Kier molecular flexibility index (Phi) is 4.16. The summed E-state index contributed by atoms with van der Waals surface area (Å²) in [5.41, 5.74) is 2.99. The predicted molar refractivity (Wildman–Crippen MR) is 101 cm³/mol. The maximum atomic E-state index is 12.3. The highest BCUT2D eigenvalue weighted by atomic mass is 16.5. The molecule has 2 aromatic carbocycles. The molecule has 0 spiro atoms. The van der Waals surface area contributed by atoms with Gasteiger partial charge in [-0.25, -0.2) is 4.79 Å². The van der Waals surface area contributed by atoms with E-state index in [-0.39, 0.29) is 23.8 Å². The standard InChI is InChI=1S/C21H18N2O4/c1-27-15-9-7-13(8-10-15)16-11-18(24)22-19-17(21(25)26)12-23(20(16)19)14-5-3-2-4-6-14/h2-10,12,16H,11H2,1H3,(H,22,24)(H,25,26). The smallest absolute Gasteiger partial charge is 0.339 e. The van der Waals surface area contributed by atoms with Gasteiger partial charge < -0.3 is 19.7 Å². The Morgan fingerprint density at radius 2 is 1.85 bits per heavy atom. The van der Waals surface area contributed by atoms with Crippen molar-refractivity contribution in [2.75, 3.05) is 12.4 Å². The van der Waals surface area contributed by atoms with Crippen molar-refractivity contribution in [3.8, 4) is 11.4 Å². The van der Waals surface area contributed by atoms with Gasteiger partial charge in [0.2, 0.25) is 5.91 Å². The van der Waals surface area contributed by atoms with Crippen molar-refractivity contribution in [2.45, 2.75) is 12.3 Å². The summed E-state index contributed by atoms with van der Waals surface area (Å²) in [4.78, 5) is 24.1. The average molecular weight is 362 g/mol. The zero-order valence-corrected chi connectivity index (χ0v) is 14.7. The van der Waals surface area contributed by atoms with Crippen LogP contribution in [0.2, 0.25) is 0 Å². The van der Waals surface area contributed by atoms with Crippen LogP contribution in [0.3, 0.4) is 0 Å². The quantitative estimate of drug-likeness (QED) is 0.742. The number of aromatic carboxylic acids is 1. The maximum Gasteiger partial charge on any atom is 0.339 e. The van der Waals surface area contributed by atoms with Crippen LogP contribution in [0, 0.1) is 0 Å². The number of hydrogen-bond acceptors (Lipinski definition) is 3. The van der Waals surface area contributed by atoms with Crippen LogP contribution in [-0.2, 0) is 4.79 Å². The Bertz CT molecular complexity index is 1010. The van der Waals surface area contributed by atoms with E-state index in [1.165, 1.54) is 0 Å². The number of fused-ring (bicyclic) bond motifs is 1. The molecule has 27 heavy (non-hydrogen) atoms. The van der Waals surface area contributed by atoms with E-state index < -0.39 is 5.97 Å². The molecule has 1 atom stereocenters. The first kappa shape index (κ1) is 16.9. The molecule has 6 heteroatoms. The second-order valence-electron chi connectivity index (χ2n) is 6.39. The fraction of sp³-hybridized carbons (Fsp3) is 0.143. The summed E-state index contributed by atoms with van der Waals surface area (Å²) in [5.74, 6) is -0.801. The van der Waals surface area contributed by atoms with Crippen molar-refractivity contribution >= 4 is 17.6 Å². The molecule has 0 aliphatic carbocycles. The molecule has 0 saturated heterocycles. The lowest BCUT2D eigenvalue weighted by Crippen LogP contribution is -2.25. The molecular weight excluding hydrogens is 344 g/mol. The van der Waals surface area contributed by atoms with Crippen LogP contribution < -0.4 is 10.1 Å². The lowest BCUT2D eigenvalue weighted by atomic mass is 9.88. The van der Waals surface area contributed by atoms with Gasteiger partial charge in [-0.05, 0) is 29.8 Å². The molecule has 1 amide bonds. The van der Waals surface area contributed by atoms with Crippen molar-refractivity contribution in [2.24, 2.45) is 0 Å². The fourth-order valence-corrected chi connectivity index (χ4v) is 3.54. The number of amides is 1. The molecule has 0 fully saturated rings. The topological polar surface area (TPSA) is 80.6 Å². The van der Waals surface area contributed by atoms with Gasteiger partial charge in [0.25, 0.3) is 0 Å². The second-order valence-corrected chi connectivity index (χ2v) is 6.39. The third kappa shape index (κ3) is 2.95. The minimum absolute atomic E-state index is 0.0837. The van der Waals surface area contributed by atoms with E-state index in [0.29, 0.717) is 5.69 Å². The summed E-state index contributed by atoms with van der Waals surface area (Å²) in [6.45, 7) is 0. The normalized spacial score (nSPS) is 15.7. The molecule has 3 aromatic rings. The van der Waals surface area contributed by atoms with Crippen LogP contribution in [0.4, 0.5) is 5.69 Å². The molecule has 136 valence electrons. The molecule has 1 aromatic heterocycles. The summed E-state index contributed by atoms with van der Waals surface area (Å²) in [6.07, 6.45) is 1.82. The number of hydrogen-bond donors (Lipinski definition) is 2. The van der Waals surface area contributed by atoms with Crippen LogP contribution in [0.15, 0.2) is 60.8 Å². The number of rotatable bonds is 4. The minimum atomic E-state index is -1.07. The van der Waals surface area contributed by atoms with Crippen LogP contribution in [0.1, 0.15) is 34.0 Å². The highest BCUT2D eigenvalue weighted by molar-refractivity contribution is 6.04. The number of para-hydroxylation sites is 1. The number of benzene rings is 2. The number of carbonyl (C=O) groups is 2. The third-order valence-corrected chi connectivity index (χ3v) is 4.81. The number of ether oxygens (including phenoxy) is 1. The number of carboxylic acids is 1. The first-order chi connectivity index (χ1) is 13.1. The maximum absolute atomic E-state index is 12.3. The molecule has 2 N–H and O–H groups in total. The first-order valence-electron chi connectivity index (χ1n) is 8.56. The molecule has 1 aliphatic rings. The minimum Gasteiger partial charge on any atom is -0.497 e. The van der Waals surface area contributed by atoms with Gasteiger partial charge in [0.15, 0.2) is 0 Å². The molecule has 1 unspecified atom stereocenters. The van der Waals surface area contributed by atoms with Gasteiger partial charge in [-0.1, -0.05) is 30.3 Å². The average Bonchev–Trinajstić information content (AvgIpc) is 3.08. The van der Waals surface area contributed by atoms with Gasteiger partial charge in [0, 0.05) is 24.2 Å². The van der Waals surface area contributed by atoms with Crippen molar-refractivity contribution in [1.82, 2.24) is 4.57 Å². The molecular formula is C21H18N2O4. The van der Waals surface area contributed by atoms with Crippen LogP contribution in [0.5, 0.6) is 5.75 Å². The molecule has 0 radical (unpaired) electrons. The number of anilines is 1. The highest BCUT2D eigenvalue weighted by Gasteiger charge is 2.34. The van der Waals surface area contributed by atoms with Gasteiger partial charge in [-0.3, -0.25) is 4.79 Å². The van der Waals surface area contributed by atoms with Gasteiger partial charge in [-0.15, -0.1) is 0 Å². The van der Waals surface area contributed by atoms with E-state index >= 15 is 0 Å². The van der Waals surface area contributed by atoms with Gasteiger partial charge in [-0.2, -0.15) is 0 Å². The molecule has 6 nitrogen and oxygen atoms in total.